The van der Waals surface area contributed by atoms with E-state index in [1.54, 1.807) is 13.2 Å². The molecule has 0 N–H and O–H groups in total. The largest absolute Gasteiger partial charge is 0.493 e. The minimum atomic E-state index is -0.338. The summed E-state index contributed by atoms with van der Waals surface area (Å²) in [5.74, 6) is 0.805. The van der Waals surface area contributed by atoms with Gasteiger partial charge in [-0.25, -0.2) is 4.79 Å². The number of benzene rings is 1. The van der Waals surface area contributed by atoms with E-state index in [4.69, 9.17) is 14.2 Å². The second kappa shape index (κ2) is 7.35. The summed E-state index contributed by atoms with van der Waals surface area (Å²) in [5, 5.41) is 0. The molecule has 0 atom stereocenters. The third kappa shape index (κ3) is 4.15. The van der Waals surface area contributed by atoms with Crippen molar-refractivity contribution in [2.24, 2.45) is 0 Å². The van der Waals surface area contributed by atoms with Gasteiger partial charge in [0.1, 0.15) is 5.60 Å². The van der Waals surface area contributed by atoms with E-state index >= 15 is 0 Å². The Hall–Kier alpha value is -1.24. The van der Waals surface area contributed by atoms with Crippen molar-refractivity contribution in [2.45, 2.75) is 38.2 Å². The Bertz CT molecular complexity index is 562. The number of ether oxygens (including phenoxy) is 3. The van der Waals surface area contributed by atoms with Crippen molar-refractivity contribution in [2.75, 3.05) is 13.7 Å². The minimum absolute atomic E-state index is 0.116. The molecule has 5 heteroatoms. The van der Waals surface area contributed by atoms with E-state index in [0.29, 0.717) is 11.5 Å². The molecule has 120 valence electrons. The number of rotatable bonds is 6. The molecule has 0 aliphatic heterocycles. The highest BCUT2D eigenvalue weighted by molar-refractivity contribution is 14.1. The maximum absolute atomic E-state index is 12.0. The summed E-state index contributed by atoms with van der Waals surface area (Å²) in [7, 11) is 1.57. The lowest BCUT2D eigenvalue weighted by molar-refractivity contribution is -0.159. The van der Waals surface area contributed by atoms with Gasteiger partial charge in [-0.15, -0.1) is 0 Å². The van der Waals surface area contributed by atoms with Crippen LogP contribution in [-0.4, -0.2) is 25.3 Å². The number of hydrogen-bond acceptors (Lipinski definition) is 4. The van der Waals surface area contributed by atoms with Crippen molar-refractivity contribution in [1.29, 1.82) is 0 Å². The van der Waals surface area contributed by atoms with E-state index in [2.05, 4.69) is 29.2 Å². The summed E-state index contributed by atoms with van der Waals surface area (Å²) in [6.07, 6.45) is 5.81. The van der Waals surface area contributed by atoms with E-state index in [-0.39, 0.29) is 18.2 Å². The van der Waals surface area contributed by atoms with Crippen LogP contribution < -0.4 is 9.47 Å². The highest BCUT2D eigenvalue weighted by atomic mass is 127. The van der Waals surface area contributed by atoms with Gasteiger partial charge in [-0.1, -0.05) is 12.7 Å². The Kier molecular flexibility index (Phi) is 5.72. The Morgan fingerprint density at radius 3 is 2.68 bits per heavy atom. The Balaban J connectivity index is 2.01. The number of carbonyl (C=O) groups is 1. The average molecular weight is 416 g/mol. The topological polar surface area (TPSA) is 44.8 Å². The number of hydrogen-bond donors (Lipinski definition) is 0. The summed E-state index contributed by atoms with van der Waals surface area (Å²) in [4.78, 5) is 12.0. The van der Waals surface area contributed by atoms with Crippen LogP contribution in [0.4, 0.5) is 0 Å². The van der Waals surface area contributed by atoms with Crippen molar-refractivity contribution in [3.05, 3.63) is 27.8 Å². The van der Waals surface area contributed by atoms with E-state index < -0.39 is 0 Å². The molecule has 0 unspecified atom stereocenters. The number of methoxy groups -OCH3 is 1. The molecular formula is C17H21IO4. The molecule has 1 fully saturated rings. The standard InChI is InChI=1S/C17H21IO4/c1-4-12-9-13(18)16(14(10-12)20-3)21-11-15(19)22-17(2)7-5-6-8-17/h4,9-10H,1,5-8,11H2,2-3H3. The number of halogens is 1. The Morgan fingerprint density at radius 2 is 2.09 bits per heavy atom. The fourth-order valence-electron chi connectivity index (χ4n) is 2.66. The third-order valence-electron chi connectivity index (χ3n) is 3.84. The molecule has 0 radical (unpaired) electrons. The van der Waals surface area contributed by atoms with E-state index in [1.165, 1.54) is 0 Å². The predicted molar refractivity (Wildman–Crippen MR) is 94.3 cm³/mol. The normalized spacial score (nSPS) is 16.1. The van der Waals surface area contributed by atoms with Crippen LogP contribution in [0.1, 0.15) is 38.2 Å². The Labute approximate surface area is 145 Å². The maximum Gasteiger partial charge on any atom is 0.344 e. The van der Waals surface area contributed by atoms with Gasteiger partial charge in [-0.05, 0) is 72.9 Å². The zero-order valence-electron chi connectivity index (χ0n) is 13.0. The molecule has 0 aromatic heterocycles. The number of carbonyl (C=O) groups excluding carboxylic acids is 1. The van der Waals surface area contributed by atoms with Gasteiger partial charge < -0.3 is 14.2 Å². The highest BCUT2D eigenvalue weighted by Crippen LogP contribution is 2.35. The van der Waals surface area contributed by atoms with Gasteiger partial charge in [0, 0.05) is 0 Å². The van der Waals surface area contributed by atoms with Gasteiger partial charge in [-0.2, -0.15) is 0 Å². The first-order valence-corrected chi connectivity index (χ1v) is 8.40. The molecule has 4 nitrogen and oxygen atoms in total. The molecule has 1 aromatic carbocycles. The number of esters is 1. The van der Waals surface area contributed by atoms with Crippen molar-refractivity contribution in [3.63, 3.8) is 0 Å². The highest BCUT2D eigenvalue weighted by Gasteiger charge is 2.32. The molecule has 0 heterocycles. The quantitative estimate of drug-likeness (QED) is 0.515. The molecule has 2 rings (SSSR count). The zero-order valence-corrected chi connectivity index (χ0v) is 15.1. The molecule has 1 aliphatic rings. The lowest BCUT2D eigenvalue weighted by Crippen LogP contribution is -2.30. The van der Waals surface area contributed by atoms with Crippen LogP contribution >= 0.6 is 22.6 Å². The van der Waals surface area contributed by atoms with Crippen LogP contribution in [0.25, 0.3) is 6.08 Å². The van der Waals surface area contributed by atoms with Crippen LogP contribution in [-0.2, 0) is 9.53 Å². The lowest BCUT2D eigenvalue weighted by atomic mass is 10.1. The van der Waals surface area contributed by atoms with Crippen LogP contribution in [0.3, 0.4) is 0 Å². The first kappa shape index (κ1) is 17.1. The van der Waals surface area contributed by atoms with Crippen LogP contribution in [0.2, 0.25) is 0 Å². The zero-order chi connectivity index (χ0) is 16.2. The van der Waals surface area contributed by atoms with Crippen LogP contribution in [0.5, 0.6) is 11.5 Å². The second-order valence-electron chi connectivity index (χ2n) is 5.66. The summed E-state index contributed by atoms with van der Waals surface area (Å²) in [5.41, 5.74) is 0.610. The van der Waals surface area contributed by atoms with Crippen LogP contribution in [0, 0.1) is 3.57 Å². The van der Waals surface area contributed by atoms with E-state index in [9.17, 15) is 4.79 Å². The molecular weight excluding hydrogens is 395 g/mol. The van der Waals surface area contributed by atoms with Gasteiger partial charge in [0.15, 0.2) is 18.1 Å². The van der Waals surface area contributed by atoms with Gasteiger partial charge >= 0.3 is 5.97 Å². The third-order valence-corrected chi connectivity index (χ3v) is 4.64. The first-order chi connectivity index (χ1) is 10.5. The maximum atomic E-state index is 12.0. The smallest absolute Gasteiger partial charge is 0.344 e. The summed E-state index contributed by atoms with van der Waals surface area (Å²) >= 11 is 2.15. The van der Waals surface area contributed by atoms with Crippen molar-refractivity contribution in [3.8, 4) is 11.5 Å². The van der Waals surface area contributed by atoms with Crippen molar-refractivity contribution < 1.29 is 19.0 Å². The summed E-state index contributed by atoms with van der Waals surface area (Å²) in [6.45, 7) is 5.61. The fourth-order valence-corrected chi connectivity index (χ4v) is 3.44. The minimum Gasteiger partial charge on any atom is -0.493 e. The first-order valence-electron chi connectivity index (χ1n) is 7.32. The van der Waals surface area contributed by atoms with Crippen LogP contribution in [0.15, 0.2) is 18.7 Å². The van der Waals surface area contributed by atoms with Gasteiger partial charge in [0.05, 0.1) is 10.7 Å². The SMILES string of the molecule is C=Cc1cc(I)c(OCC(=O)OC2(C)CCCC2)c(OC)c1. The van der Waals surface area contributed by atoms with E-state index in [0.717, 1.165) is 34.8 Å². The fraction of sp³-hybridized carbons (Fsp3) is 0.471. The van der Waals surface area contributed by atoms with Gasteiger partial charge in [-0.3, -0.25) is 0 Å². The molecule has 0 spiro atoms. The molecule has 0 amide bonds. The van der Waals surface area contributed by atoms with Crippen molar-refractivity contribution >= 4 is 34.6 Å². The second-order valence-corrected chi connectivity index (χ2v) is 6.82. The molecule has 1 saturated carbocycles. The molecule has 1 aliphatic carbocycles. The Morgan fingerprint density at radius 1 is 1.41 bits per heavy atom. The van der Waals surface area contributed by atoms with E-state index in [1.807, 2.05) is 19.1 Å². The molecule has 0 saturated heterocycles. The molecule has 22 heavy (non-hydrogen) atoms. The monoisotopic (exact) mass is 416 g/mol. The molecule has 1 aromatic rings. The van der Waals surface area contributed by atoms with Gasteiger partial charge in [0.25, 0.3) is 0 Å². The molecule has 0 bridgehead atoms. The predicted octanol–water partition coefficient (Wildman–Crippen LogP) is 4.20. The van der Waals surface area contributed by atoms with Gasteiger partial charge in [0.2, 0.25) is 0 Å². The lowest BCUT2D eigenvalue weighted by Gasteiger charge is -2.24. The average Bonchev–Trinajstić information content (AvgIpc) is 2.91. The summed E-state index contributed by atoms with van der Waals surface area (Å²) < 4.78 is 17.4. The van der Waals surface area contributed by atoms with Crippen molar-refractivity contribution in [1.82, 2.24) is 0 Å². The summed E-state index contributed by atoms with van der Waals surface area (Å²) in [6, 6.07) is 3.75.